The van der Waals surface area contributed by atoms with Crippen molar-refractivity contribution in [3.63, 3.8) is 0 Å². The molecule has 1 heterocycles. The Balaban J connectivity index is 2.08. The molecular weight excluding hydrogens is 388 g/mol. The van der Waals surface area contributed by atoms with Gasteiger partial charge in [-0.2, -0.15) is 0 Å². The summed E-state index contributed by atoms with van der Waals surface area (Å²) in [6.45, 7) is 0. The fraction of sp³-hybridized carbons (Fsp3) is 0.261. The van der Waals surface area contributed by atoms with E-state index in [0.717, 1.165) is 0 Å². The molecule has 0 fully saturated rings. The summed E-state index contributed by atoms with van der Waals surface area (Å²) in [5.74, 6) is -1.87. The van der Waals surface area contributed by atoms with Gasteiger partial charge in [-0.3, -0.25) is 9.59 Å². The van der Waals surface area contributed by atoms with E-state index in [0.29, 0.717) is 27.8 Å². The fourth-order valence-corrected chi connectivity index (χ4v) is 4.41. The van der Waals surface area contributed by atoms with Gasteiger partial charge >= 0.3 is 17.6 Å². The monoisotopic (exact) mass is 408 g/mol. The highest BCUT2D eigenvalue weighted by molar-refractivity contribution is 6.04. The number of fused-ring (bicyclic) bond motifs is 3. The normalized spacial score (nSPS) is 16.7. The number of methoxy groups -OCH3 is 3. The van der Waals surface area contributed by atoms with Crippen molar-refractivity contribution in [2.45, 2.75) is 12.3 Å². The molecule has 0 radical (unpaired) electrons. The lowest BCUT2D eigenvalue weighted by Gasteiger charge is -2.30. The maximum absolute atomic E-state index is 13.1. The van der Waals surface area contributed by atoms with E-state index in [-0.39, 0.29) is 12.0 Å². The predicted octanol–water partition coefficient (Wildman–Crippen LogP) is 2.82. The van der Waals surface area contributed by atoms with Gasteiger partial charge in [0.1, 0.15) is 11.3 Å². The highest BCUT2D eigenvalue weighted by Crippen LogP contribution is 2.52. The molecule has 0 saturated carbocycles. The van der Waals surface area contributed by atoms with Gasteiger partial charge < -0.3 is 18.6 Å². The van der Waals surface area contributed by atoms with Crippen LogP contribution in [0.3, 0.4) is 0 Å². The molecule has 0 N–H and O–H groups in total. The smallest absolute Gasteiger partial charge is 0.340 e. The number of carbonyl (C=O) groups excluding carboxylic acids is 2. The molecule has 0 saturated heterocycles. The molecule has 1 aliphatic rings. The second-order valence-electron chi connectivity index (χ2n) is 7.12. The Bertz CT molecular complexity index is 1170. The first-order valence-corrected chi connectivity index (χ1v) is 9.33. The van der Waals surface area contributed by atoms with E-state index in [1.54, 1.807) is 48.5 Å². The molecule has 154 valence electrons. The third kappa shape index (κ3) is 2.69. The molecule has 0 spiro atoms. The lowest BCUT2D eigenvalue weighted by Crippen LogP contribution is -2.45. The molecule has 0 aliphatic heterocycles. The number of carbonyl (C=O) groups is 2. The van der Waals surface area contributed by atoms with Crippen molar-refractivity contribution in [2.75, 3.05) is 21.3 Å². The first-order chi connectivity index (χ1) is 14.5. The van der Waals surface area contributed by atoms with Crippen LogP contribution in [0.4, 0.5) is 0 Å². The molecular formula is C23H20O7. The first-order valence-electron chi connectivity index (χ1n) is 9.33. The third-order valence-electron chi connectivity index (χ3n) is 5.75. The lowest BCUT2D eigenvalue weighted by atomic mass is 9.72. The number of para-hydroxylation sites is 1. The van der Waals surface area contributed by atoms with Gasteiger partial charge in [-0.05, 0) is 29.3 Å². The van der Waals surface area contributed by atoms with Gasteiger partial charge in [-0.1, -0.05) is 30.3 Å². The van der Waals surface area contributed by atoms with E-state index < -0.39 is 28.9 Å². The summed E-state index contributed by atoms with van der Waals surface area (Å²) < 4.78 is 20.8. The first kappa shape index (κ1) is 19.7. The topological polar surface area (TPSA) is 92.0 Å². The Hall–Kier alpha value is -3.61. The van der Waals surface area contributed by atoms with E-state index in [1.807, 2.05) is 0 Å². The average Bonchev–Trinajstić information content (AvgIpc) is 3.16. The Labute approximate surface area is 172 Å². The Morgan fingerprint density at radius 1 is 0.967 bits per heavy atom. The van der Waals surface area contributed by atoms with Gasteiger partial charge in [-0.15, -0.1) is 0 Å². The van der Waals surface area contributed by atoms with Crippen molar-refractivity contribution in [3.8, 4) is 5.75 Å². The molecule has 0 bridgehead atoms. The van der Waals surface area contributed by atoms with Crippen molar-refractivity contribution in [1.82, 2.24) is 0 Å². The number of rotatable bonds is 4. The fourth-order valence-electron chi connectivity index (χ4n) is 4.41. The van der Waals surface area contributed by atoms with Gasteiger partial charge in [0, 0.05) is 17.7 Å². The maximum atomic E-state index is 13.1. The van der Waals surface area contributed by atoms with Crippen LogP contribution in [-0.2, 0) is 25.5 Å². The summed E-state index contributed by atoms with van der Waals surface area (Å²) in [6.07, 6.45) is -0.0372. The van der Waals surface area contributed by atoms with Gasteiger partial charge in [-0.25, -0.2) is 4.79 Å². The van der Waals surface area contributed by atoms with Crippen LogP contribution in [0.25, 0.3) is 11.0 Å². The van der Waals surface area contributed by atoms with Crippen molar-refractivity contribution in [2.24, 2.45) is 5.41 Å². The summed E-state index contributed by atoms with van der Waals surface area (Å²) in [5.41, 5.74) is -0.542. The lowest BCUT2D eigenvalue weighted by molar-refractivity contribution is -0.169. The second kappa shape index (κ2) is 7.33. The number of hydrogen-bond acceptors (Lipinski definition) is 7. The highest BCUT2D eigenvalue weighted by atomic mass is 16.5. The molecule has 0 unspecified atom stereocenters. The zero-order valence-electron chi connectivity index (χ0n) is 16.8. The molecule has 1 aliphatic carbocycles. The molecule has 30 heavy (non-hydrogen) atoms. The minimum atomic E-state index is -1.75. The van der Waals surface area contributed by atoms with Crippen molar-refractivity contribution < 1.29 is 28.2 Å². The summed E-state index contributed by atoms with van der Waals surface area (Å²) in [7, 11) is 3.96. The van der Waals surface area contributed by atoms with Gasteiger partial charge in [0.05, 0.1) is 26.9 Å². The number of ether oxygens (including phenoxy) is 3. The summed E-state index contributed by atoms with van der Waals surface area (Å²) >= 11 is 0. The van der Waals surface area contributed by atoms with Crippen molar-refractivity contribution >= 4 is 22.9 Å². The van der Waals surface area contributed by atoms with E-state index in [1.165, 1.54) is 21.3 Å². The molecule has 3 aromatic rings. The summed E-state index contributed by atoms with van der Waals surface area (Å²) in [4.78, 5) is 39.2. The minimum Gasteiger partial charge on any atom is -0.497 e. The van der Waals surface area contributed by atoms with Crippen LogP contribution in [0.5, 0.6) is 5.75 Å². The van der Waals surface area contributed by atoms with E-state index in [9.17, 15) is 14.4 Å². The van der Waals surface area contributed by atoms with Gasteiger partial charge in [0.25, 0.3) is 0 Å². The molecule has 0 amide bonds. The molecule has 7 nitrogen and oxygen atoms in total. The Morgan fingerprint density at radius 2 is 1.60 bits per heavy atom. The van der Waals surface area contributed by atoms with E-state index in [4.69, 9.17) is 18.6 Å². The highest BCUT2D eigenvalue weighted by Gasteiger charge is 2.61. The van der Waals surface area contributed by atoms with Crippen LogP contribution in [-0.4, -0.2) is 33.3 Å². The van der Waals surface area contributed by atoms with Crippen molar-refractivity contribution in [1.29, 1.82) is 0 Å². The number of benzene rings is 2. The average molecular weight is 408 g/mol. The van der Waals surface area contributed by atoms with E-state index in [2.05, 4.69) is 0 Å². The number of esters is 2. The maximum Gasteiger partial charge on any atom is 0.340 e. The van der Waals surface area contributed by atoms with Crippen LogP contribution >= 0.6 is 0 Å². The van der Waals surface area contributed by atoms with Crippen molar-refractivity contribution in [3.05, 3.63) is 75.6 Å². The third-order valence-corrected chi connectivity index (χ3v) is 5.75. The molecule has 4 rings (SSSR count). The SMILES string of the molecule is COC(=O)C1(C(=O)OC)Cc2c(c(=O)oc3ccccc23)[C@@H]1c1ccc(OC)cc1. The molecule has 7 heteroatoms. The predicted molar refractivity (Wildman–Crippen MR) is 107 cm³/mol. The van der Waals surface area contributed by atoms with Gasteiger partial charge in [0.2, 0.25) is 0 Å². The minimum absolute atomic E-state index is 0.0372. The van der Waals surface area contributed by atoms with Crippen LogP contribution in [0.1, 0.15) is 22.6 Å². The Kier molecular flexibility index (Phi) is 4.81. The molecule has 1 atom stereocenters. The Morgan fingerprint density at radius 3 is 2.20 bits per heavy atom. The summed E-state index contributed by atoms with van der Waals surface area (Å²) in [5, 5.41) is 0.667. The quantitative estimate of drug-likeness (QED) is 0.372. The second-order valence-corrected chi connectivity index (χ2v) is 7.12. The zero-order chi connectivity index (χ0) is 21.5. The molecule has 2 aromatic carbocycles. The van der Waals surface area contributed by atoms with Crippen LogP contribution < -0.4 is 10.4 Å². The zero-order valence-corrected chi connectivity index (χ0v) is 16.8. The number of hydrogen-bond donors (Lipinski definition) is 0. The summed E-state index contributed by atoms with van der Waals surface area (Å²) in [6, 6.07) is 13.9. The standard InChI is InChI=1S/C23H20O7/c1-27-14-10-8-13(9-11-14)19-18-16(12-23(19,21(25)28-2)22(26)29-3)15-6-4-5-7-17(15)30-20(18)24/h4-11,19H,12H2,1-3H3/t19-/m0/s1. The van der Waals surface area contributed by atoms with E-state index >= 15 is 0 Å². The van der Waals surface area contributed by atoms with Crippen LogP contribution in [0.2, 0.25) is 0 Å². The van der Waals surface area contributed by atoms with Gasteiger partial charge in [0.15, 0.2) is 5.41 Å². The molecule has 1 aromatic heterocycles. The van der Waals surface area contributed by atoms with Crippen LogP contribution in [0.15, 0.2) is 57.7 Å². The largest absolute Gasteiger partial charge is 0.497 e. The van der Waals surface area contributed by atoms with Crippen LogP contribution in [0, 0.1) is 5.41 Å².